The van der Waals surface area contributed by atoms with Crippen LogP contribution in [0.5, 0.6) is 11.5 Å². The van der Waals surface area contributed by atoms with Gasteiger partial charge in [0.05, 0.1) is 17.8 Å². The van der Waals surface area contributed by atoms with Gasteiger partial charge in [0.1, 0.15) is 11.2 Å². The number of aromatic hydroxyl groups is 2. The van der Waals surface area contributed by atoms with Crippen molar-refractivity contribution in [2.75, 3.05) is 0 Å². The maximum absolute atomic E-state index is 10.6. The summed E-state index contributed by atoms with van der Waals surface area (Å²) in [5.41, 5.74) is 1.18. The molecule has 5 nitrogen and oxygen atoms in total. The Morgan fingerprint density at radius 2 is 1.87 bits per heavy atom. The number of fused-ring (bicyclic) bond motifs is 5. The van der Waals surface area contributed by atoms with Crippen LogP contribution < -0.4 is 0 Å². The zero-order chi connectivity index (χ0) is 16.5. The monoisotopic (exact) mass is 314 g/mol. The zero-order valence-electron chi connectivity index (χ0n) is 12.9. The molecule has 4 N–H and O–H groups in total. The minimum absolute atomic E-state index is 0.207. The van der Waals surface area contributed by atoms with Crippen LogP contribution in [0.4, 0.5) is 0 Å². The number of hydrogen-bond donors (Lipinski definition) is 4. The molecule has 2 aromatic carbocycles. The topological polar surface area (TPSA) is 94.1 Å². The van der Waals surface area contributed by atoms with Crippen LogP contribution in [-0.4, -0.2) is 26.5 Å². The van der Waals surface area contributed by atoms with Gasteiger partial charge in [0, 0.05) is 10.8 Å². The van der Waals surface area contributed by atoms with Crippen molar-refractivity contribution in [3.63, 3.8) is 0 Å². The molecule has 0 fully saturated rings. The first-order chi connectivity index (χ1) is 10.8. The lowest BCUT2D eigenvalue weighted by atomic mass is 9.76. The summed E-state index contributed by atoms with van der Waals surface area (Å²) in [6, 6.07) is 3.51. The number of aryl methyl sites for hydroxylation is 2. The molecule has 1 aliphatic carbocycles. The third kappa shape index (κ3) is 1.69. The lowest BCUT2D eigenvalue weighted by Crippen LogP contribution is -2.40. The third-order valence-corrected chi connectivity index (χ3v) is 5.09. The molecule has 2 atom stereocenters. The smallest absolute Gasteiger partial charge is 0.169 e. The Bertz CT molecular complexity index is 951. The Morgan fingerprint density at radius 1 is 1.17 bits per heavy atom. The van der Waals surface area contributed by atoms with Crippen molar-refractivity contribution >= 4 is 21.7 Å². The number of aliphatic hydroxyl groups excluding tert-OH is 1. The zero-order valence-corrected chi connectivity index (χ0v) is 12.9. The van der Waals surface area contributed by atoms with E-state index >= 15 is 0 Å². The first-order valence-corrected chi connectivity index (χ1v) is 7.62. The van der Waals surface area contributed by atoms with E-state index in [-0.39, 0.29) is 11.5 Å². The Kier molecular flexibility index (Phi) is 2.75. The fraction of sp³-hybridized carbons (Fsp3) is 0.333. The van der Waals surface area contributed by atoms with E-state index in [0.29, 0.717) is 40.1 Å². The van der Waals surface area contributed by atoms with E-state index < -0.39 is 11.7 Å². The Balaban J connectivity index is 2.19. The van der Waals surface area contributed by atoms with Crippen LogP contribution in [0.15, 0.2) is 22.8 Å². The van der Waals surface area contributed by atoms with Crippen molar-refractivity contribution in [2.45, 2.75) is 38.4 Å². The highest BCUT2D eigenvalue weighted by molar-refractivity contribution is 6.13. The van der Waals surface area contributed by atoms with Gasteiger partial charge in [0.25, 0.3) is 0 Å². The second-order valence-electron chi connectivity index (χ2n) is 6.54. The summed E-state index contributed by atoms with van der Waals surface area (Å²) in [5.74, 6) is -0.418. The molecule has 0 saturated carbocycles. The molecule has 0 aliphatic heterocycles. The van der Waals surface area contributed by atoms with Gasteiger partial charge >= 0.3 is 0 Å². The fourth-order valence-electron chi connectivity index (χ4n) is 3.76. The lowest BCUT2D eigenvalue weighted by Gasteiger charge is -2.36. The van der Waals surface area contributed by atoms with Gasteiger partial charge in [0.2, 0.25) is 0 Å². The van der Waals surface area contributed by atoms with Gasteiger partial charge in [-0.25, -0.2) is 0 Å². The molecular formula is C18H18O5. The number of benzene rings is 2. The molecule has 3 aromatic rings. The highest BCUT2D eigenvalue weighted by atomic mass is 16.3. The van der Waals surface area contributed by atoms with Gasteiger partial charge in [-0.2, -0.15) is 0 Å². The average molecular weight is 314 g/mol. The summed E-state index contributed by atoms with van der Waals surface area (Å²) in [5, 5.41) is 43.3. The number of rotatable bonds is 0. The molecular weight excluding hydrogens is 296 g/mol. The van der Waals surface area contributed by atoms with E-state index in [2.05, 4.69) is 0 Å². The van der Waals surface area contributed by atoms with Gasteiger partial charge in [-0.15, -0.1) is 0 Å². The predicted octanol–water partition coefficient (Wildman–Crippen LogP) is 2.82. The Morgan fingerprint density at radius 3 is 2.61 bits per heavy atom. The predicted molar refractivity (Wildman–Crippen MR) is 85.7 cm³/mol. The fourth-order valence-corrected chi connectivity index (χ4v) is 3.76. The number of furan rings is 1. The largest absolute Gasteiger partial charge is 0.504 e. The highest BCUT2D eigenvalue weighted by Crippen LogP contribution is 2.48. The molecule has 1 aliphatic rings. The van der Waals surface area contributed by atoms with Crippen LogP contribution in [0, 0.1) is 6.92 Å². The lowest BCUT2D eigenvalue weighted by molar-refractivity contribution is -0.0763. The van der Waals surface area contributed by atoms with Crippen molar-refractivity contribution in [3.8, 4) is 11.5 Å². The minimum Gasteiger partial charge on any atom is -0.504 e. The van der Waals surface area contributed by atoms with E-state index in [4.69, 9.17) is 4.42 Å². The van der Waals surface area contributed by atoms with Gasteiger partial charge in [0.15, 0.2) is 11.5 Å². The van der Waals surface area contributed by atoms with Crippen molar-refractivity contribution < 1.29 is 24.8 Å². The van der Waals surface area contributed by atoms with Gasteiger partial charge in [-0.1, -0.05) is 12.1 Å². The Labute approximate surface area is 132 Å². The second-order valence-corrected chi connectivity index (χ2v) is 6.54. The van der Waals surface area contributed by atoms with E-state index in [0.717, 1.165) is 11.1 Å². The highest BCUT2D eigenvalue weighted by Gasteiger charge is 2.39. The summed E-state index contributed by atoms with van der Waals surface area (Å²) < 4.78 is 5.58. The van der Waals surface area contributed by atoms with Crippen LogP contribution in [-0.2, 0) is 12.0 Å². The second kappa shape index (κ2) is 4.40. The third-order valence-electron chi connectivity index (χ3n) is 5.09. The number of aliphatic hydroxyl groups is 2. The molecule has 0 spiro atoms. The first-order valence-electron chi connectivity index (χ1n) is 7.62. The quantitative estimate of drug-likeness (QED) is 0.479. The molecule has 120 valence electrons. The van der Waals surface area contributed by atoms with Crippen LogP contribution in [0.1, 0.15) is 30.0 Å². The molecule has 4 rings (SSSR count). The summed E-state index contributed by atoms with van der Waals surface area (Å²) >= 11 is 0. The standard InChI is InChI=1S/C18H18O5/c1-8-7-23-17-10-3-5-11-9(4-6-12(19)18(11,2)22)14(10)16(21)15(20)13(8)17/h3,5,7,12,19-22H,4,6H2,1-2H3. The first kappa shape index (κ1) is 14.4. The normalized spacial score (nSPS) is 24.3. The van der Waals surface area contributed by atoms with Crippen LogP contribution >= 0.6 is 0 Å². The maximum Gasteiger partial charge on any atom is 0.169 e. The summed E-state index contributed by atoms with van der Waals surface area (Å²) in [7, 11) is 0. The van der Waals surface area contributed by atoms with E-state index in [9.17, 15) is 20.4 Å². The average Bonchev–Trinajstić information content (AvgIpc) is 2.90. The van der Waals surface area contributed by atoms with Crippen LogP contribution in [0.3, 0.4) is 0 Å². The van der Waals surface area contributed by atoms with Crippen molar-refractivity contribution in [1.82, 2.24) is 0 Å². The maximum atomic E-state index is 10.6. The molecule has 2 unspecified atom stereocenters. The van der Waals surface area contributed by atoms with Crippen LogP contribution in [0.25, 0.3) is 21.7 Å². The van der Waals surface area contributed by atoms with Gasteiger partial charge < -0.3 is 24.8 Å². The number of phenols is 2. The molecule has 5 heteroatoms. The van der Waals surface area contributed by atoms with Crippen LogP contribution in [0.2, 0.25) is 0 Å². The Hall–Kier alpha value is -2.24. The summed E-state index contributed by atoms with van der Waals surface area (Å²) in [6.45, 7) is 3.37. The van der Waals surface area contributed by atoms with Crippen molar-refractivity contribution in [1.29, 1.82) is 0 Å². The summed E-state index contributed by atoms with van der Waals surface area (Å²) in [6.07, 6.45) is 1.57. The molecule has 23 heavy (non-hydrogen) atoms. The number of phenolic OH excluding ortho intramolecular Hbond substituents is 2. The van der Waals surface area contributed by atoms with E-state index in [1.54, 1.807) is 32.2 Å². The summed E-state index contributed by atoms with van der Waals surface area (Å²) in [4.78, 5) is 0. The van der Waals surface area contributed by atoms with E-state index in [1.807, 2.05) is 0 Å². The van der Waals surface area contributed by atoms with E-state index in [1.165, 1.54) is 0 Å². The van der Waals surface area contributed by atoms with Crippen molar-refractivity contribution in [3.05, 3.63) is 35.1 Å². The molecule has 0 saturated heterocycles. The molecule has 0 amide bonds. The minimum atomic E-state index is -1.39. The van der Waals surface area contributed by atoms with Crippen molar-refractivity contribution in [2.24, 2.45) is 0 Å². The molecule has 1 heterocycles. The van der Waals surface area contributed by atoms with Gasteiger partial charge in [-0.05, 0) is 43.4 Å². The SMILES string of the molecule is Cc1coc2c1c(O)c(O)c1c3c(ccc12)C(C)(O)C(O)CC3. The molecule has 0 bridgehead atoms. The number of hydrogen-bond acceptors (Lipinski definition) is 5. The molecule has 0 radical (unpaired) electrons. The van der Waals surface area contributed by atoms with Gasteiger partial charge in [-0.3, -0.25) is 0 Å². The molecule has 1 aromatic heterocycles.